The van der Waals surface area contributed by atoms with E-state index in [0.717, 1.165) is 24.0 Å². The normalized spacial score (nSPS) is 18.5. The fourth-order valence-electron chi connectivity index (χ4n) is 3.21. The van der Waals surface area contributed by atoms with E-state index in [1.165, 1.54) is 6.92 Å². The first-order chi connectivity index (χ1) is 11.5. The van der Waals surface area contributed by atoms with Gasteiger partial charge in [0, 0.05) is 5.69 Å². The van der Waals surface area contributed by atoms with Gasteiger partial charge in [0.1, 0.15) is 5.25 Å². The third-order valence-corrected chi connectivity index (χ3v) is 7.10. The van der Waals surface area contributed by atoms with Gasteiger partial charge < -0.3 is 5.32 Å². The molecule has 0 bridgehead atoms. The summed E-state index contributed by atoms with van der Waals surface area (Å²) in [6.45, 7) is 1.48. The van der Waals surface area contributed by atoms with Gasteiger partial charge in [-0.3, -0.25) is 4.79 Å². The number of amides is 1. The Kier molecular flexibility index (Phi) is 4.71. The van der Waals surface area contributed by atoms with Crippen molar-refractivity contribution in [2.75, 3.05) is 5.32 Å². The maximum absolute atomic E-state index is 13.0. The summed E-state index contributed by atoms with van der Waals surface area (Å²) in [6, 6.07) is 16.6. The van der Waals surface area contributed by atoms with Crippen molar-refractivity contribution >= 4 is 21.4 Å². The van der Waals surface area contributed by atoms with Crippen LogP contribution in [0.2, 0.25) is 0 Å². The van der Waals surface area contributed by atoms with Crippen LogP contribution in [0.4, 0.5) is 5.69 Å². The van der Waals surface area contributed by atoms with Crippen LogP contribution in [0.25, 0.3) is 0 Å². The third kappa shape index (κ3) is 3.22. The quantitative estimate of drug-likeness (QED) is 0.924. The number of rotatable bonds is 4. The van der Waals surface area contributed by atoms with Crippen LogP contribution in [0, 0.1) is 0 Å². The molecule has 0 radical (unpaired) electrons. The van der Waals surface area contributed by atoms with Gasteiger partial charge in [-0.2, -0.15) is 0 Å². The number of carbonyl (C=O) groups is 1. The zero-order valence-corrected chi connectivity index (χ0v) is 14.4. The lowest BCUT2D eigenvalue weighted by atomic mass is 9.91. The van der Waals surface area contributed by atoms with Gasteiger partial charge in [-0.05, 0) is 49.4 Å². The number of fused-ring (bicyclic) bond motifs is 1. The van der Waals surface area contributed by atoms with E-state index in [-0.39, 0.29) is 0 Å². The molecule has 126 valence electrons. The topological polar surface area (TPSA) is 63.2 Å². The molecule has 24 heavy (non-hydrogen) atoms. The molecule has 0 aromatic heterocycles. The number of hydrogen-bond donors (Lipinski definition) is 1. The van der Waals surface area contributed by atoms with Crippen LogP contribution in [0.15, 0.2) is 54.6 Å². The van der Waals surface area contributed by atoms with Crippen molar-refractivity contribution in [1.82, 2.24) is 0 Å². The predicted molar refractivity (Wildman–Crippen MR) is 95.6 cm³/mol. The van der Waals surface area contributed by atoms with Crippen molar-refractivity contribution in [3.8, 4) is 0 Å². The maximum Gasteiger partial charge on any atom is 0.242 e. The largest absolute Gasteiger partial charge is 0.325 e. The summed E-state index contributed by atoms with van der Waals surface area (Å²) >= 11 is 0. The van der Waals surface area contributed by atoms with Crippen LogP contribution in [0.3, 0.4) is 0 Å². The van der Waals surface area contributed by atoms with Gasteiger partial charge >= 0.3 is 0 Å². The van der Waals surface area contributed by atoms with Crippen molar-refractivity contribution in [1.29, 1.82) is 0 Å². The molecule has 1 N–H and O–H groups in total. The fourth-order valence-corrected chi connectivity index (χ4v) is 5.14. The van der Waals surface area contributed by atoms with Gasteiger partial charge in [0.2, 0.25) is 5.91 Å². The van der Waals surface area contributed by atoms with Gasteiger partial charge in [0.05, 0.1) is 5.25 Å². The van der Waals surface area contributed by atoms with Crippen molar-refractivity contribution in [3.05, 3.63) is 65.7 Å². The number of sulfone groups is 1. The molecule has 4 nitrogen and oxygen atoms in total. The fraction of sp³-hybridized carbons (Fsp3) is 0.316. The second-order valence-corrected chi connectivity index (χ2v) is 8.62. The van der Waals surface area contributed by atoms with E-state index in [0.29, 0.717) is 12.1 Å². The number of anilines is 1. The minimum atomic E-state index is -3.61. The lowest BCUT2D eigenvalue weighted by Crippen LogP contribution is -2.36. The smallest absolute Gasteiger partial charge is 0.242 e. The van der Waals surface area contributed by atoms with Gasteiger partial charge in [-0.1, -0.05) is 42.5 Å². The van der Waals surface area contributed by atoms with E-state index < -0.39 is 26.2 Å². The molecule has 0 spiro atoms. The van der Waals surface area contributed by atoms with Gasteiger partial charge in [-0.25, -0.2) is 8.42 Å². The highest BCUT2D eigenvalue weighted by atomic mass is 32.2. The Labute approximate surface area is 142 Å². The average molecular weight is 343 g/mol. The van der Waals surface area contributed by atoms with Crippen LogP contribution in [-0.4, -0.2) is 19.6 Å². The molecule has 0 saturated carbocycles. The Morgan fingerprint density at radius 1 is 1.08 bits per heavy atom. The number of para-hydroxylation sites is 1. The van der Waals surface area contributed by atoms with E-state index in [2.05, 4.69) is 5.32 Å². The molecular formula is C19H21NO3S. The highest BCUT2D eigenvalue weighted by Crippen LogP contribution is 2.37. The highest BCUT2D eigenvalue weighted by molar-refractivity contribution is 7.93. The number of carbonyl (C=O) groups excluding carboxylic acids is 1. The highest BCUT2D eigenvalue weighted by Gasteiger charge is 2.38. The minimum Gasteiger partial charge on any atom is -0.325 e. The molecule has 3 rings (SSSR count). The number of benzene rings is 2. The number of hydrogen-bond acceptors (Lipinski definition) is 3. The predicted octanol–water partition coefficient (Wildman–Crippen LogP) is 3.51. The summed E-state index contributed by atoms with van der Waals surface area (Å²) in [5, 5.41) is 1.01. The summed E-state index contributed by atoms with van der Waals surface area (Å²) in [5.41, 5.74) is 2.53. The SMILES string of the molecule is CC(C(=O)Nc1ccccc1)S(=O)(=O)C1CCCc2ccccc21. The van der Waals surface area contributed by atoms with Crippen LogP contribution in [-0.2, 0) is 21.1 Å². The molecule has 2 unspecified atom stereocenters. The number of aryl methyl sites for hydroxylation is 1. The van der Waals surface area contributed by atoms with Gasteiger partial charge in [-0.15, -0.1) is 0 Å². The Morgan fingerprint density at radius 3 is 2.50 bits per heavy atom. The van der Waals surface area contributed by atoms with Crippen molar-refractivity contribution in [2.45, 2.75) is 36.7 Å². The van der Waals surface area contributed by atoms with Crippen LogP contribution < -0.4 is 5.32 Å². The monoisotopic (exact) mass is 343 g/mol. The van der Waals surface area contributed by atoms with E-state index in [9.17, 15) is 13.2 Å². The van der Waals surface area contributed by atoms with E-state index >= 15 is 0 Å². The lowest BCUT2D eigenvalue weighted by molar-refractivity contribution is -0.115. The molecule has 2 aromatic carbocycles. The summed E-state index contributed by atoms with van der Waals surface area (Å²) in [5.74, 6) is -0.482. The first-order valence-electron chi connectivity index (χ1n) is 8.16. The maximum atomic E-state index is 13.0. The summed E-state index contributed by atoms with van der Waals surface area (Å²) in [6.07, 6.45) is 2.29. The molecule has 1 aliphatic rings. The van der Waals surface area contributed by atoms with Crippen LogP contribution in [0.5, 0.6) is 0 Å². The molecule has 0 fully saturated rings. The second-order valence-electron chi connectivity index (χ2n) is 6.17. The Bertz CT molecular complexity index is 831. The van der Waals surface area contributed by atoms with Crippen molar-refractivity contribution in [2.24, 2.45) is 0 Å². The van der Waals surface area contributed by atoms with Crippen molar-refractivity contribution in [3.63, 3.8) is 0 Å². The zero-order chi connectivity index (χ0) is 17.2. The van der Waals surface area contributed by atoms with Crippen LogP contribution in [0.1, 0.15) is 36.1 Å². The average Bonchev–Trinajstić information content (AvgIpc) is 2.61. The van der Waals surface area contributed by atoms with E-state index in [4.69, 9.17) is 0 Å². The molecule has 5 heteroatoms. The molecule has 0 heterocycles. The Balaban J connectivity index is 1.84. The molecule has 0 aliphatic heterocycles. The Morgan fingerprint density at radius 2 is 1.75 bits per heavy atom. The first-order valence-corrected chi connectivity index (χ1v) is 9.77. The molecular weight excluding hydrogens is 322 g/mol. The first kappa shape index (κ1) is 16.7. The minimum absolute atomic E-state index is 0.482. The summed E-state index contributed by atoms with van der Waals surface area (Å²) in [4.78, 5) is 12.4. The second kappa shape index (κ2) is 6.77. The van der Waals surface area contributed by atoms with Gasteiger partial charge in [0.15, 0.2) is 9.84 Å². The molecule has 1 aliphatic carbocycles. The summed E-state index contributed by atoms with van der Waals surface area (Å²) < 4.78 is 26.0. The molecule has 2 atom stereocenters. The molecule has 0 saturated heterocycles. The molecule has 2 aromatic rings. The zero-order valence-electron chi connectivity index (χ0n) is 13.6. The van der Waals surface area contributed by atoms with E-state index in [1.54, 1.807) is 24.3 Å². The standard InChI is InChI=1S/C19H21NO3S/c1-14(19(21)20-16-10-3-2-4-11-16)24(22,23)18-13-7-9-15-8-5-6-12-17(15)18/h2-6,8,10-12,14,18H,7,9,13H2,1H3,(H,20,21). The van der Waals surface area contributed by atoms with Crippen LogP contribution >= 0.6 is 0 Å². The Hall–Kier alpha value is -2.14. The molecule has 1 amide bonds. The third-order valence-electron chi connectivity index (χ3n) is 4.61. The van der Waals surface area contributed by atoms with Crippen molar-refractivity contribution < 1.29 is 13.2 Å². The summed E-state index contributed by atoms with van der Waals surface area (Å²) in [7, 11) is -3.61. The van der Waals surface area contributed by atoms with E-state index in [1.807, 2.05) is 30.3 Å². The number of nitrogens with one attached hydrogen (secondary N) is 1. The lowest BCUT2D eigenvalue weighted by Gasteiger charge is -2.27. The van der Waals surface area contributed by atoms with Gasteiger partial charge in [0.25, 0.3) is 0 Å².